The quantitative estimate of drug-likeness (QED) is 0.784. The van der Waals surface area contributed by atoms with Crippen LogP contribution in [0, 0.1) is 0 Å². The van der Waals surface area contributed by atoms with Crippen LogP contribution in [0.5, 0.6) is 0 Å². The average molecular weight is 382 g/mol. The van der Waals surface area contributed by atoms with Crippen molar-refractivity contribution in [2.75, 3.05) is 19.6 Å². The van der Waals surface area contributed by atoms with Crippen LogP contribution in [0.1, 0.15) is 32.8 Å². The molecular weight excluding hydrogens is 356 g/mol. The number of carbonyl (C=O) groups excluding carboxylic acids is 1. The molecule has 8 heteroatoms. The van der Waals surface area contributed by atoms with Gasteiger partial charge >= 0.3 is 0 Å². The van der Waals surface area contributed by atoms with Crippen molar-refractivity contribution in [2.45, 2.75) is 55.8 Å². The van der Waals surface area contributed by atoms with E-state index < -0.39 is 28.3 Å². The lowest BCUT2D eigenvalue weighted by atomic mass is 9.87. The Kier molecular flexibility index (Phi) is 4.89. The maximum atomic E-state index is 13.0. The van der Waals surface area contributed by atoms with Crippen molar-refractivity contribution < 1.29 is 23.4 Å². The number of aliphatic hydroxyl groups is 2. The molecule has 1 aromatic carbocycles. The van der Waals surface area contributed by atoms with Crippen LogP contribution in [0.25, 0.3) is 0 Å². The van der Waals surface area contributed by atoms with Gasteiger partial charge < -0.3 is 15.1 Å². The summed E-state index contributed by atoms with van der Waals surface area (Å²) >= 11 is 0. The second kappa shape index (κ2) is 6.60. The molecule has 2 aliphatic heterocycles. The molecule has 0 bridgehead atoms. The standard InChI is InChI=1S/C18H26N2O5S/c1-18(2,3)12-4-6-15(7-5-12)26(24,25)20-11-13(21)8-16(20)17(23)19-9-14(22)10-19/h4-7,13-14,16,21-22H,8-11H2,1-3H3/t13-,16+/m1/s1. The second-order valence-corrected chi connectivity index (χ2v) is 10.0. The van der Waals surface area contributed by atoms with Crippen LogP contribution < -0.4 is 0 Å². The third-order valence-corrected chi connectivity index (χ3v) is 6.91. The molecular formula is C18H26N2O5S. The van der Waals surface area contributed by atoms with Gasteiger partial charge in [0.2, 0.25) is 15.9 Å². The zero-order valence-electron chi connectivity index (χ0n) is 15.3. The van der Waals surface area contributed by atoms with Crippen molar-refractivity contribution in [1.29, 1.82) is 0 Å². The maximum Gasteiger partial charge on any atom is 0.243 e. The van der Waals surface area contributed by atoms with Gasteiger partial charge in [-0.25, -0.2) is 8.42 Å². The molecule has 2 fully saturated rings. The van der Waals surface area contributed by atoms with Crippen LogP contribution in [0.2, 0.25) is 0 Å². The number of carbonyl (C=O) groups is 1. The number of rotatable bonds is 3. The van der Waals surface area contributed by atoms with E-state index in [0.29, 0.717) is 0 Å². The minimum absolute atomic E-state index is 0.0741. The van der Waals surface area contributed by atoms with Crippen LogP contribution >= 0.6 is 0 Å². The molecule has 26 heavy (non-hydrogen) atoms. The Morgan fingerprint density at radius 1 is 1.04 bits per heavy atom. The normalized spacial score (nSPS) is 25.3. The Morgan fingerprint density at radius 2 is 1.62 bits per heavy atom. The molecule has 0 aromatic heterocycles. The number of amides is 1. The smallest absolute Gasteiger partial charge is 0.243 e. The Morgan fingerprint density at radius 3 is 2.12 bits per heavy atom. The monoisotopic (exact) mass is 382 g/mol. The predicted octanol–water partition coefficient (Wildman–Crippen LogP) is 0.311. The first-order chi connectivity index (χ1) is 12.0. The summed E-state index contributed by atoms with van der Waals surface area (Å²) in [6.07, 6.45) is -1.36. The van der Waals surface area contributed by atoms with E-state index in [4.69, 9.17) is 0 Å². The van der Waals surface area contributed by atoms with Gasteiger partial charge in [-0.05, 0) is 23.1 Å². The first-order valence-electron chi connectivity index (χ1n) is 8.77. The van der Waals surface area contributed by atoms with Crippen LogP contribution in [0.4, 0.5) is 0 Å². The summed E-state index contributed by atoms with van der Waals surface area (Å²) in [4.78, 5) is 14.1. The van der Waals surface area contributed by atoms with Crippen LogP contribution in [-0.2, 0) is 20.2 Å². The summed E-state index contributed by atoms with van der Waals surface area (Å²) in [6.45, 7) is 6.45. The number of nitrogens with zero attached hydrogens (tertiary/aromatic N) is 2. The van der Waals surface area contributed by atoms with E-state index in [1.165, 1.54) is 4.90 Å². The van der Waals surface area contributed by atoms with Gasteiger partial charge in [0, 0.05) is 26.1 Å². The van der Waals surface area contributed by atoms with Gasteiger partial charge in [-0.2, -0.15) is 4.31 Å². The molecule has 2 aliphatic rings. The first kappa shape index (κ1) is 19.3. The van der Waals surface area contributed by atoms with E-state index in [2.05, 4.69) is 0 Å². The molecule has 2 N–H and O–H groups in total. The highest BCUT2D eigenvalue weighted by atomic mass is 32.2. The van der Waals surface area contributed by atoms with Gasteiger partial charge in [0.15, 0.2) is 0 Å². The SMILES string of the molecule is CC(C)(C)c1ccc(S(=O)(=O)N2C[C@H](O)C[C@H]2C(=O)N2CC(O)C2)cc1. The molecule has 144 valence electrons. The fourth-order valence-electron chi connectivity index (χ4n) is 3.38. The molecule has 0 aliphatic carbocycles. The molecule has 2 heterocycles. The number of benzene rings is 1. The minimum Gasteiger partial charge on any atom is -0.392 e. The molecule has 1 aromatic rings. The second-order valence-electron chi connectivity index (χ2n) is 8.15. The number of likely N-dealkylation sites (tertiary alicyclic amines) is 1. The lowest BCUT2D eigenvalue weighted by Crippen LogP contribution is -2.58. The van der Waals surface area contributed by atoms with Crippen LogP contribution in [-0.4, -0.2) is 71.6 Å². The summed E-state index contributed by atoms with van der Waals surface area (Å²) in [5.74, 6) is -0.360. The summed E-state index contributed by atoms with van der Waals surface area (Å²) in [7, 11) is -3.90. The minimum atomic E-state index is -3.90. The number of hydrogen-bond acceptors (Lipinski definition) is 5. The summed E-state index contributed by atoms with van der Waals surface area (Å²) in [6, 6.07) is 5.74. The van der Waals surface area contributed by atoms with E-state index in [0.717, 1.165) is 9.87 Å². The summed E-state index contributed by atoms with van der Waals surface area (Å²) in [5.41, 5.74) is 0.920. The third-order valence-electron chi connectivity index (χ3n) is 5.02. The van der Waals surface area contributed by atoms with E-state index in [1.807, 2.05) is 20.8 Å². The highest BCUT2D eigenvalue weighted by Gasteiger charge is 2.46. The highest BCUT2D eigenvalue weighted by molar-refractivity contribution is 7.89. The number of sulfonamides is 1. The third kappa shape index (κ3) is 3.51. The first-order valence-corrected chi connectivity index (χ1v) is 10.2. The predicted molar refractivity (Wildman–Crippen MR) is 96.0 cm³/mol. The average Bonchev–Trinajstić information content (AvgIpc) is 2.93. The van der Waals surface area contributed by atoms with Gasteiger partial charge in [-0.1, -0.05) is 32.9 Å². The largest absolute Gasteiger partial charge is 0.392 e. The van der Waals surface area contributed by atoms with Gasteiger partial charge in [-0.15, -0.1) is 0 Å². The van der Waals surface area contributed by atoms with Crippen molar-refractivity contribution in [3.8, 4) is 0 Å². The molecule has 0 unspecified atom stereocenters. The van der Waals surface area contributed by atoms with Crippen molar-refractivity contribution in [2.24, 2.45) is 0 Å². The molecule has 0 radical (unpaired) electrons. The number of hydrogen-bond donors (Lipinski definition) is 2. The summed E-state index contributed by atoms with van der Waals surface area (Å²) in [5, 5.41) is 19.4. The van der Waals surface area contributed by atoms with Crippen LogP contribution in [0.15, 0.2) is 29.2 Å². The van der Waals surface area contributed by atoms with E-state index in [9.17, 15) is 23.4 Å². The molecule has 3 rings (SSSR count). The fourth-order valence-corrected chi connectivity index (χ4v) is 5.01. The van der Waals surface area contributed by atoms with Crippen molar-refractivity contribution in [3.63, 3.8) is 0 Å². The topological polar surface area (TPSA) is 98.2 Å². The Hall–Kier alpha value is -1.48. The van der Waals surface area contributed by atoms with Crippen molar-refractivity contribution in [3.05, 3.63) is 29.8 Å². The molecule has 2 atom stereocenters. The maximum absolute atomic E-state index is 13.0. The molecule has 7 nitrogen and oxygen atoms in total. The van der Waals surface area contributed by atoms with E-state index in [-0.39, 0.29) is 42.3 Å². The fraction of sp³-hybridized carbons (Fsp3) is 0.611. The van der Waals surface area contributed by atoms with Gasteiger partial charge in [-0.3, -0.25) is 4.79 Å². The molecule has 1 amide bonds. The van der Waals surface area contributed by atoms with Gasteiger partial charge in [0.1, 0.15) is 6.04 Å². The Balaban J connectivity index is 1.85. The van der Waals surface area contributed by atoms with Gasteiger partial charge in [0.25, 0.3) is 0 Å². The Bertz CT molecular complexity index is 779. The Labute approximate surface area is 154 Å². The van der Waals surface area contributed by atoms with Crippen molar-refractivity contribution >= 4 is 15.9 Å². The van der Waals surface area contributed by atoms with E-state index in [1.54, 1.807) is 24.3 Å². The summed E-state index contributed by atoms with van der Waals surface area (Å²) < 4.78 is 27.2. The zero-order chi connectivity index (χ0) is 19.3. The molecule has 2 saturated heterocycles. The number of aliphatic hydroxyl groups excluding tert-OH is 2. The lowest BCUT2D eigenvalue weighted by molar-refractivity contribution is -0.144. The van der Waals surface area contributed by atoms with Crippen LogP contribution in [0.3, 0.4) is 0 Å². The van der Waals surface area contributed by atoms with E-state index >= 15 is 0 Å². The zero-order valence-corrected chi connectivity index (χ0v) is 16.1. The lowest BCUT2D eigenvalue weighted by Gasteiger charge is -2.38. The molecule has 0 saturated carbocycles. The highest BCUT2D eigenvalue weighted by Crippen LogP contribution is 2.30. The molecule has 0 spiro atoms. The van der Waals surface area contributed by atoms with Gasteiger partial charge in [0.05, 0.1) is 17.1 Å². The van der Waals surface area contributed by atoms with Crippen molar-refractivity contribution in [1.82, 2.24) is 9.21 Å². The number of β-amino-alcohol motifs (C(OH)–C–C–N with tert-alkyl or cyclic N) is 2.